The number of aliphatic hydroxyl groups is 1. The Kier molecular flexibility index (Phi) is 38.4. The molecule has 0 saturated heterocycles. The standard InChI is InChI=1S/C89H98O33/c1-107-80-40-57(24-32-88(103)104)64(41-81(80)108-2)56-121-71-30-23-63(79(48-71)114-39-9-17-87(101)102)55-120-70-29-22-62(78(47-70)113-38-8-16-86(99)100)54-119-69-28-21-61(77(46-69)112-37-7-15-85(97)98)53-118-68-27-20-60(76(45-68)111-36-6-14-84(95)96)52-117-67-26-19-59(75(44-67)110-35-5-13-83(93)94)51-116-66-25-18-58(74(43-66)109-34-4-12-82(91)92)50-115-65-10-3-11-72(42-65)122-73(49-90)31-33-89(105)106/h3,10-11,18-30,32,40-48,73,90H,4-9,12-17,31,33-39,49-56H2,1-2H3,(H,91,92)(H,93,94)(H,95,96)(H,97,98)(H,99,100)(H,101,102)(H,103,104)(H,105,106)/b32-24+. The molecule has 122 heavy (non-hydrogen) atoms. The van der Waals surface area contributed by atoms with Crippen LogP contribution in [0.5, 0.6) is 92.0 Å². The van der Waals surface area contributed by atoms with Crippen molar-refractivity contribution in [2.24, 2.45) is 0 Å². The second-order valence-electron chi connectivity index (χ2n) is 27.1. The van der Waals surface area contributed by atoms with E-state index in [9.17, 15) is 79.2 Å². The molecule has 1 unspecified atom stereocenters. The van der Waals surface area contributed by atoms with Gasteiger partial charge in [-0.15, -0.1) is 0 Å². The first-order valence-corrected chi connectivity index (χ1v) is 38.9. The molecule has 0 spiro atoms. The van der Waals surface area contributed by atoms with Gasteiger partial charge in [-0.3, -0.25) is 33.6 Å². The monoisotopic (exact) mass is 1690 g/mol. The molecule has 33 heteroatoms. The van der Waals surface area contributed by atoms with Gasteiger partial charge in [-0.25, -0.2) is 4.79 Å². The Morgan fingerprint density at radius 2 is 0.541 bits per heavy atom. The van der Waals surface area contributed by atoms with E-state index in [1.807, 2.05) is 0 Å². The van der Waals surface area contributed by atoms with Gasteiger partial charge in [0, 0.05) is 132 Å². The molecule has 652 valence electrons. The molecule has 0 aromatic heterocycles. The van der Waals surface area contributed by atoms with Crippen molar-refractivity contribution in [3.63, 3.8) is 0 Å². The smallest absolute Gasteiger partial charge is 0.328 e. The quantitative estimate of drug-likeness (QED) is 0.0126. The molecule has 0 aliphatic carbocycles. The number of methoxy groups -OCH3 is 2. The number of aliphatic carboxylic acids is 8. The van der Waals surface area contributed by atoms with Gasteiger partial charge in [-0.1, -0.05) is 6.07 Å². The highest BCUT2D eigenvalue weighted by Crippen LogP contribution is 2.38. The lowest BCUT2D eigenvalue weighted by Gasteiger charge is -2.18. The van der Waals surface area contributed by atoms with Crippen LogP contribution in [-0.2, 0) is 84.6 Å². The van der Waals surface area contributed by atoms with Crippen molar-refractivity contribution in [3.05, 3.63) is 196 Å². The molecule has 0 bridgehead atoms. The third-order valence-electron chi connectivity index (χ3n) is 17.8. The Bertz CT molecular complexity index is 4820. The molecule has 8 aromatic rings. The van der Waals surface area contributed by atoms with Gasteiger partial charge in [0.2, 0.25) is 0 Å². The average Bonchev–Trinajstić information content (AvgIpc) is 0.828. The number of hydrogen-bond acceptors (Lipinski definition) is 25. The fourth-order valence-corrected chi connectivity index (χ4v) is 11.5. The molecule has 0 amide bonds. The Hall–Kier alpha value is -14.0. The SMILES string of the molecule is COc1cc(/C=C/C(=O)O)c(COc2ccc(COc3ccc(COc4ccc(COc5ccc(COc6ccc(COc7ccc(COc8cccc(OC(CO)CCC(=O)O)c8)c(OCCCC(=O)O)c7)c(OCCCC(=O)O)c6)c(OCCCC(=O)O)c5)c(OCCCC(=O)O)c4)c(OCCCC(=O)O)c3)c(OCCCC(=O)O)c2)cc1OC. The normalized spacial score (nSPS) is 11.1. The van der Waals surface area contributed by atoms with Crippen LogP contribution in [0.15, 0.2) is 152 Å². The van der Waals surface area contributed by atoms with Crippen molar-refractivity contribution in [2.75, 3.05) is 60.5 Å². The van der Waals surface area contributed by atoms with E-state index in [1.165, 1.54) is 20.3 Å². The van der Waals surface area contributed by atoms with Gasteiger partial charge >= 0.3 is 47.8 Å². The molecule has 8 aromatic carbocycles. The van der Waals surface area contributed by atoms with Crippen molar-refractivity contribution in [1.82, 2.24) is 0 Å². The van der Waals surface area contributed by atoms with Gasteiger partial charge in [-0.2, -0.15) is 0 Å². The molecule has 0 fully saturated rings. The van der Waals surface area contributed by atoms with Gasteiger partial charge in [-0.05, 0) is 154 Å². The molecule has 0 radical (unpaired) electrons. The summed E-state index contributed by atoms with van der Waals surface area (Å²) >= 11 is 0. The van der Waals surface area contributed by atoms with E-state index in [0.29, 0.717) is 136 Å². The Labute approximate surface area is 701 Å². The van der Waals surface area contributed by atoms with Crippen LogP contribution in [0.4, 0.5) is 0 Å². The number of ether oxygens (including phenoxy) is 16. The summed E-state index contributed by atoms with van der Waals surface area (Å²) in [6, 6.07) is 39.9. The molecule has 1 atom stereocenters. The maximum Gasteiger partial charge on any atom is 0.328 e. The zero-order valence-corrected chi connectivity index (χ0v) is 67.2. The minimum Gasteiger partial charge on any atom is -0.493 e. The number of aliphatic hydroxyl groups excluding tert-OH is 1. The van der Waals surface area contributed by atoms with Crippen molar-refractivity contribution < 1.29 is 160 Å². The third kappa shape index (κ3) is 33.4. The summed E-state index contributed by atoms with van der Waals surface area (Å²) < 4.78 is 97.5. The number of carbonyl (C=O) groups is 8. The lowest BCUT2D eigenvalue weighted by molar-refractivity contribution is -0.138. The summed E-state index contributed by atoms with van der Waals surface area (Å²) in [6.07, 6.45) is 1.53. The molecule has 0 heterocycles. The summed E-state index contributed by atoms with van der Waals surface area (Å²) in [6.45, 7) is -0.767. The minimum absolute atomic E-state index is 0.0000000209. The summed E-state index contributed by atoms with van der Waals surface area (Å²) in [5, 5.41) is 84.7. The summed E-state index contributed by atoms with van der Waals surface area (Å²) in [4.78, 5) is 91.5. The first-order valence-electron chi connectivity index (χ1n) is 38.9. The zero-order chi connectivity index (χ0) is 87.6. The number of hydrogen-bond donors (Lipinski definition) is 9. The molecule has 33 nitrogen and oxygen atoms in total. The highest BCUT2D eigenvalue weighted by molar-refractivity contribution is 5.86. The molecule has 0 aliphatic rings. The molecule has 0 aliphatic heterocycles. The van der Waals surface area contributed by atoms with Gasteiger partial charge in [0.1, 0.15) is 133 Å². The minimum atomic E-state index is -1.16. The van der Waals surface area contributed by atoms with E-state index in [0.717, 1.165) is 6.08 Å². The van der Waals surface area contributed by atoms with E-state index in [4.69, 9.17) is 80.9 Å². The van der Waals surface area contributed by atoms with Gasteiger partial charge in [0.25, 0.3) is 0 Å². The first-order chi connectivity index (χ1) is 58.9. The van der Waals surface area contributed by atoms with Crippen LogP contribution < -0.4 is 75.8 Å². The largest absolute Gasteiger partial charge is 0.493 e. The van der Waals surface area contributed by atoms with Crippen LogP contribution in [0.2, 0.25) is 0 Å². The zero-order valence-electron chi connectivity index (χ0n) is 67.2. The van der Waals surface area contributed by atoms with Crippen molar-refractivity contribution in [2.45, 2.75) is 142 Å². The maximum atomic E-state index is 11.6. The van der Waals surface area contributed by atoms with E-state index in [-0.39, 0.29) is 176 Å². The topological polar surface area (TPSA) is 466 Å². The number of carboxylic acids is 8. The van der Waals surface area contributed by atoms with Crippen LogP contribution in [-0.4, -0.2) is 160 Å². The Balaban J connectivity index is 0.965. The van der Waals surface area contributed by atoms with E-state index >= 15 is 0 Å². The van der Waals surface area contributed by atoms with Crippen LogP contribution in [0.25, 0.3) is 6.08 Å². The van der Waals surface area contributed by atoms with Gasteiger partial charge in [0.05, 0.1) is 60.5 Å². The summed E-state index contributed by atoms with van der Waals surface area (Å²) in [7, 11) is 2.91. The highest BCUT2D eigenvalue weighted by atomic mass is 16.5. The van der Waals surface area contributed by atoms with Crippen molar-refractivity contribution in [3.8, 4) is 92.0 Å². The van der Waals surface area contributed by atoms with E-state index in [1.54, 1.807) is 146 Å². The lowest BCUT2D eigenvalue weighted by Crippen LogP contribution is -2.22. The van der Waals surface area contributed by atoms with Crippen LogP contribution in [0.3, 0.4) is 0 Å². The van der Waals surface area contributed by atoms with E-state index < -0.39 is 60.5 Å². The lowest BCUT2D eigenvalue weighted by atomic mass is 10.1. The molecule has 0 saturated carbocycles. The molecule has 9 N–H and O–H groups in total. The van der Waals surface area contributed by atoms with Crippen LogP contribution >= 0.6 is 0 Å². The van der Waals surface area contributed by atoms with Crippen LogP contribution in [0, 0.1) is 0 Å². The van der Waals surface area contributed by atoms with E-state index in [2.05, 4.69) is 0 Å². The molecular formula is C89H98O33. The average molecular weight is 1700 g/mol. The Morgan fingerprint density at radius 3 is 0.795 bits per heavy atom. The number of rotatable bonds is 61. The molecular weight excluding hydrogens is 1600 g/mol. The predicted octanol–water partition coefficient (Wildman–Crippen LogP) is 13.9. The number of benzene rings is 8. The third-order valence-corrected chi connectivity index (χ3v) is 17.8. The first kappa shape index (κ1) is 93.5. The predicted molar refractivity (Wildman–Crippen MR) is 434 cm³/mol. The van der Waals surface area contributed by atoms with Crippen molar-refractivity contribution in [1.29, 1.82) is 0 Å². The fraction of sp³-hybridized carbons (Fsp3) is 0.348. The highest BCUT2D eigenvalue weighted by Gasteiger charge is 2.21. The number of carboxylic acid groups (broad SMARTS) is 8. The summed E-state index contributed by atoms with van der Waals surface area (Å²) in [5.74, 6) is -2.91. The van der Waals surface area contributed by atoms with Crippen molar-refractivity contribution >= 4 is 53.8 Å². The summed E-state index contributed by atoms with van der Waals surface area (Å²) in [5.41, 5.74) is 4.31. The van der Waals surface area contributed by atoms with Gasteiger partial charge in [0.15, 0.2) is 11.5 Å². The van der Waals surface area contributed by atoms with Crippen LogP contribution in [0.1, 0.15) is 134 Å². The fourth-order valence-electron chi connectivity index (χ4n) is 11.5. The maximum absolute atomic E-state index is 11.6. The molecule has 8 rings (SSSR count). The Morgan fingerprint density at radius 1 is 0.287 bits per heavy atom. The van der Waals surface area contributed by atoms with Gasteiger partial charge < -0.3 is 122 Å². The second kappa shape index (κ2) is 50.1. The second-order valence-corrected chi connectivity index (χ2v) is 27.1.